The van der Waals surface area contributed by atoms with E-state index in [1.54, 1.807) is 0 Å². The predicted octanol–water partition coefficient (Wildman–Crippen LogP) is 5.80. The third-order valence-electron chi connectivity index (χ3n) is 6.04. The van der Waals surface area contributed by atoms with Crippen molar-refractivity contribution in [3.8, 4) is 0 Å². The van der Waals surface area contributed by atoms with E-state index in [0.29, 0.717) is 18.7 Å². The van der Waals surface area contributed by atoms with Crippen LogP contribution in [-0.2, 0) is 23.4 Å². The summed E-state index contributed by atoms with van der Waals surface area (Å²) in [7, 11) is 0. The van der Waals surface area contributed by atoms with Crippen LogP contribution in [0.1, 0.15) is 32.6 Å². The lowest BCUT2D eigenvalue weighted by atomic mass is 9.93. The number of hydrogen-bond donors (Lipinski definition) is 0. The van der Waals surface area contributed by atoms with Gasteiger partial charge in [-0.3, -0.25) is 9.69 Å². The highest BCUT2D eigenvalue weighted by Crippen LogP contribution is 2.46. The highest BCUT2D eigenvalue weighted by atomic mass is 16.5. The molecule has 1 aliphatic heterocycles. The summed E-state index contributed by atoms with van der Waals surface area (Å²) in [4.78, 5) is 15.6. The molecule has 158 valence electrons. The monoisotopic (exact) mass is 419 g/mol. The van der Waals surface area contributed by atoms with E-state index in [0.717, 1.165) is 23.1 Å². The van der Waals surface area contributed by atoms with Gasteiger partial charge in [-0.25, -0.2) is 0 Å². The molecule has 1 unspecified atom stereocenters. The van der Waals surface area contributed by atoms with Crippen molar-refractivity contribution in [2.45, 2.75) is 18.7 Å². The molecule has 0 N–H and O–H groups in total. The molecular weight excluding hydrogens is 394 g/mol. The second-order valence-corrected chi connectivity index (χ2v) is 8.02. The van der Waals surface area contributed by atoms with Crippen LogP contribution in [-0.4, -0.2) is 17.4 Å². The van der Waals surface area contributed by atoms with Gasteiger partial charge in [-0.2, -0.15) is 0 Å². The minimum Gasteiger partial charge on any atom is -0.347 e. The molecule has 5 rings (SSSR count). The Morgan fingerprint density at radius 2 is 1.22 bits per heavy atom. The molecule has 4 aromatic rings. The lowest BCUT2D eigenvalue weighted by molar-refractivity contribution is -0.110. The maximum Gasteiger partial charge on any atom is 0.257 e. The van der Waals surface area contributed by atoms with Gasteiger partial charge in [0, 0.05) is 23.2 Å². The molecule has 0 saturated carbocycles. The maximum absolute atomic E-state index is 13.7. The molecule has 0 fully saturated rings. The molecule has 0 aliphatic carbocycles. The normalized spacial score (nSPS) is 17.4. The molecule has 1 amide bonds. The molecule has 0 saturated heterocycles. The lowest BCUT2D eigenvalue weighted by Gasteiger charge is -2.39. The molecule has 0 spiro atoms. The molecule has 4 aromatic carbocycles. The Balaban J connectivity index is 1.59. The summed E-state index contributed by atoms with van der Waals surface area (Å²) in [5.41, 5.74) is 3.87. The van der Waals surface area contributed by atoms with Gasteiger partial charge < -0.3 is 4.74 Å². The number of benzene rings is 4. The van der Waals surface area contributed by atoms with Crippen molar-refractivity contribution in [1.82, 2.24) is 4.90 Å². The van der Waals surface area contributed by atoms with Crippen molar-refractivity contribution in [2.75, 3.05) is 6.61 Å². The van der Waals surface area contributed by atoms with E-state index >= 15 is 0 Å². The number of fused-ring (bicyclic) bond motifs is 1. The molecular formula is C29H25NO2. The molecule has 1 heterocycles. The molecule has 32 heavy (non-hydrogen) atoms. The van der Waals surface area contributed by atoms with Crippen LogP contribution in [0.3, 0.4) is 0 Å². The first-order valence-electron chi connectivity index (χ1n) is 11.0. The number of ether oxygens (including phenoxy) is 1. The Labute approximate surface area is 188 Å². The molecule has 0 aromatic heterocycles. The Morgan fingerprint density at radius 3 is 1.91 bits per heavy atom. The van der Waals surface area contributed by atoms with Crippen LogP contribution in [0.2, 0.25) is 0 Å². The summed E-state index contributed by atoms with van der Waals surface area (Å²) >= 11 is 0. The summed E-state index contributed by atoms with van der Waals surface area (Å²) in [6.07, 6.45) is 0.769. The van der Waals surface area contributed by atoms with E-state index in [2.05, 4.69) is 36.4 Å². The van der Waals surface area contributed by atoms with Gasteiger partial charge in [0.05, 0.1) is 6.61 Å². The zero-order valence-corrected chi connectivity index (χ0v) is 17.9. The van der Waals surface area contributed by atoms with Crippen molar-refractivity contribution in [3.63, 3.8) is 0 Å². The van der Waals surface area contributed by atoms with Crippen molar-refractivity contribution in [3.05, 3.63) is 143 Å². The number of rotatable bonds is 7. The number of hydrogen-bond acceptors (Lipinski definition) is 2. The Hall–Kier alpha value is -3.69. The van der Waals surface area contributed by atoms with Gasteiger partial charge in [0.1, 0.15) is 0 Å². The average molecular weight is 420 g/mol. The molecule has 1 atom stereocenters. The minimum atomic E-state index is -0.973. The number of carbonyl (C=O) groups excluding carboxylic acids is 1. The first-order chi connectivity index (χ1) is 15.8. The second-order valence-electron chi connectivity index (χ2n) is 8.02. The van der Waals surface area contributed by atoms with Crippen LogP contribution in [0.5, 0.6) is 0 Å². The minimum absolute atomic E-state index is 0.00647. The summed E-state index contributed by atoms with van der Waals surface area (Å²) in [5.74, 6) is -0.00647. The Bertz CT molecular complexity index is 1190. The van der Waals surface area contributed by atoms with E-state index in [9.17, 15) is 4.79 Å². The lowest BCUT2D eigenvalue weighted by Crippen LogP contribution is -2.46. The summed E-state index contributed by atoms with van der Waals surface area (Å²) < 4.78 is 6.77. The zero-order valence-electron chi connectivity index (χ0n) is 17.9. The van der Waals surface area contributed by atoms with Gasteiger partial charge in [-0.1, -0.05) is 109 Å². The van der Waals surface area contributed by atoms with Crippen molar-refractivity contribution in [1.29, 1.82) is 0 Å². The largest absolute Gasteiger partial charge is 0.347 e. The summed E-state index contributed by atoms with van der Waals surface area (Å²) in [5, 5.41) is 0. The van der Waals surface area contributed by atoms with Crippen molar-refractivity contribution >= 4 is 5.91 Å². The first-order valence-corrected chi connectivity index (χ1v) is 11.0. The third-order valence-corrected chi connectivity index (χ3v) is 6.04. The maximum atomic E-state index is 13.7. The van der Waals surface area contributed by atoms with Crippen LogP contribution >= 0.6 is 0 Å². The van der Waals surface area contributed by atoms with Crippen molar-refractivity contribution in [2.24, 2.45) is 0 Å². The van der Waals surface area contributed by atoms with Crippen molar-refractivity contribution < 1.29 is 9.53 Å². The second kappa shape index (κ2) is 8.81. The molecule has 0 bridgehead atoms. The van der Waals surface area contributed by atoms with Crippen LogP contribution in [0.15, 0.2) is 115 Å². The summed E-state index contributed by atoms with van der Waals surface area (Å²) in [6.45, 7) is 0.959. The van der Waals surface area contributed by atoms with E-state index in [1.807, 2.05) is 83.8 Å². The Morgan fingerprint density at radius 1 is 0.656 bits per heavy atom. The van der Waals surface area contributed by atoms with E-state index in [4.69, 9.17) is 4.74 Å². The van der Waals surface area contributed by atoms with Crippen LogP contribution in [0, 0.1) is 0 Å². The molecule has 0 radical (unpaired) electrons. The fourth-order valence-electron chi connectivity index (χ4n) is 4.52. The number of amides is 1. The predicted molar refractivity (Wildman–Crippen MR) is 126 cm³/mol. The zero-order chi connectivity index (χ0) is 21.8. The van der Waals surface area contributed by atoms with Crippen LogP contribution in [0.4, 0.5) is 0 Å². The number of nitrogens with zero attached hydrogens (tertiary/aromatic N) is 1. The van der Waals surface area contributed by atoms with Gasteiger partial charge >= 0.3 is 0 Å². The fourth-order valence-corrected chi connectivity index (χ4v) is 4.52. The van der Waals surface area contributed by atoms with Gasteiger partial charge in [0.25, 0.3) is 5.91 Å². The van der Waals surface area contributed by atoms with Gasteiger partial charge in [-0.05, 0) is 23.6 Å². The van der Waals surface area contributed by atoms with Crippen LogP contribution in [0.25, 0.3) is 0 Å². The number of carbonyl (C=O) groups is 1. The van der Waals surface area contributed by atoms with E-state index < -0.39 is 5.72 Å². The Kier molecular flexibility index (Phi) is 5.57. The highest BCUT2D eigenvalue weighted by molar-refractivity contribution is 6.00. The summed E-state index contributed by atoms with van der Waals surface area (Å²) in [6, 6.07) is 38.3. The smallest absolute Gasteiger partial charge is 0.257 e. The first kappa shape index (κ1) is 20.2. The van der Waals surface area contributed by atoms with E-state index in [-0.39, 0.29) is 5.91 Å². The fraction of sp³-hybridized carbons (Fsp3) is 0.138. The average Bonchev–Trinajstić information content (AvgIpc) is 3.10. The van der Waals surface area contributed by atoms with Gasteiger partial charge in [0.15, 0.2) is 5.72 Å². The van der Waals surface area contributed by atoms with Gasteiger partial charge in [0.2, 0.25) is 0 Å². The third kappa shape index (κ3) is 3.61. The quantitative estimate of drug-likeness (QED) is 0.379. The standard InChI is InChI=1S/C29H25NO2/c31-28-26-18-10-11-19-27(26)29(25-16-8-3-9-17-25,30(28)22-24-14-6-2-7-15-24)32-21-20-23-12-4-1-5-13-23/h1-19H,20-22H2. The highest BCUT2D eigenvalue weighted by Gasteiger charge is 2.51. The molecule has 1 aliphatic rings. The topological polar surface area (TPSA) is 29.5 Å². The van der Waals surface area contributed by atoms with Crippen LogP contribution < -0.4 is 0 Å². The SMILES string of the molecule is O=C1c2ccccc2C(OCCc2ccccc2)(c2ccccc2)N1Cc1ccccc1. The molecule has 3 nitrogen and oxygen atoms in total. The molecule has 3 heteroatoms. The van der Waals surface area contributed by atoms with Gasteiger partial charge in [-0.15, -0.1) is 0 Å². The van der Waals surface area contributed by atoms with E-state index in [1.165, 1.54) is 5.56 Å².